The van der Waals surface area contributed by atoms with Crippen molar-refractivity contribution < 1.29 is 18.8 Å². The first kappa shape index (κ1) is 18.3. The molecule has 3 aromatic rings. The highest BCUT2D eigenvalue weighted by Crippen LogP contribution is 2.31. The smallest absolute Gasteiger partial charge is 0.259 e. The van der Waals surface area contributed by atoms with Gasteiger partial charge < -0.3 is 19.3 Å². The number of aromatic nitrogens is 2. The summed E-state index contributed by atoms with van der Waals surface area (Å²) in [5.74, 6) is 1.27. The molecule has 1 N–H and O–H groups in total. The Bertz CT molecular complexity index is 1040. The molecule has 0 saturated heterocycles. The van der Waals surface area contributed by atoms with E-state index in [9.17, 15) is 4.79 Å². The topological polar surface area (TPSA) is 86.5 Å². The molecule has 0 aliphatic heterocycles. The van der Waals surface area contributed by atoms with Crippen LogP contribution in [0.2, 0.25) is 0 Å². The molecule has 0 bridgehead atoms. The van der Waals surface area contributed by atoms with E-state index in [2.05, 4.69) is 15.5 Å². The first-order valence-electron chi connectivity index (χ1n) is 9.39. The lowest BCUT2D eigenvalue weighted by Crippen LogP contribution is -2.27. The van der Waals surface area contributed by atoms with Crippen LogP contribution < -0.4 is 14.8 Å². The molecule has 7 heteroatoms. The number of amides is 1. The highest BCUT2D eigenvalue weighted by atomic mass is 16.5. The quantitative estimate of drug-likeness (QED) is 0.706. The van der Waals surface area contributed by atoms with Gasteiger partial charge in [-0.05, 0) is 55.9 Å². The van der Waals surface area contributed by atoms with E-state index in [0.29, 0.717) is 41.4 Å². The zero-order chi connectivity index (χ0) is 19.7. The highest BCUT2D eigenvalue weighted by Gasteiger charge is 2.26. The average molecular weight is 381 g/mol. The van der Waals surface area contributed by atoms with Gasteiger partial charge in [0.1, 0.15) is 0 Å². The first-order chi connectivity index (χ1) is 13.6. The summed E-state index contributed by atoms with van der Waals surface area (Å²) in [6.45, 7) is 2.35. The molecule has 1 aliphatic carbocycles. The van der Waals surface area contributed by atoms with Gasteiger partial charge in [0.05, 0.1) is 30.9 Å². The molecule has 1 aliphatic rings. The van der Waals surface area contributed by atoms with Gasteiger partial charge in [0.2, 0.25) is 0 Å². The van der Waals surface area contributed by atoms with E-state index >= 15 is 0 Å². The molecule has 28 heavy (non-hydrogen) atoms. The predicted molar refractivity (Wildman–Crippen MR) is 104 cm³/mol. The molecule has 4 rings (SSSR count). The van der Waals surface area contributed by atoms with Crippen molar-refractivity contribution in [2.75, 3.05) is 20.8 Å². The van der Waals surface area contributed by atoms with E-state index in [1.54, 1.807) is 14.2 Å². The molecule has 2 aromatic heterocycles. The van der Waals surface area contributed by atoms with Crippen LogP contribution in [0.3, 0.4) is 0 Å². The molecule has 0 radical (unpaired) electrons. The summed E-state index contributed by atoms with van der Waals surface area (Å²) in [5.41, 5.74) is 4.86. The molecule has 0 saturated carbocycles. The van der Waals surface area contributed by atoms with E-state index in [4.69, 9.17) is 14.0 Å². The second-order valence-corrected chi connectivity index (χ2v) is 6.91. The first-order valence-corrected chi connectivity index (χ1v) is 9.39. The Morgan fingerprint density at radius 3 is 2.82 bits per heavy atom. The number of hydrogen-bond acceptors (Lipinski definition) is 6. The Labute approximate surface area is 163 Å². The van der Waals surface area contributed by atoms with Crippen LogP contribution in [-0.2, 0) is 19.3 Å². The van der Waals surface area contributed by atoms with Crippen LogP contribution in [0.5, 0.6) is 11.5 Å². The van der Waals surface area contributed by atoms with Gasteiger partial charge in [-0.2, -0.15) is 0 Å². The van der Waals surface area contributed by atoms with Crippen LogP contribution in [0.1, 0.15) is 39.3 Å². The lowest BCUT2D eigenvalue weighted by Gasteiger charge is -2.12. The molecule has 0 atom stereocenters. The molecule has 0 fully saturated rings. The fourth-order valence-corrected chi connectivity index (χ4v) is 3.81. The third kappa shape index (κ3) is 3.17. The Morgan fingerprint density at radius 2 is 2.04 bits per heavy atom. The van der Waals surface area contributed by atoms with Gasteiger partial charge in [-0.1, -0.05) is 11.2 Å². The maximum absolute atomic E-state index is 13.0. The Balaban J connectivity index is 1.53. The summed E-state index contributed by atoms with van der Waals surface area (Å²) in [6, 6.07) is 5.77. The Morgan fingerprint density at radius 1 is 1.21 bits per heavy atom. The van der Waals surface area contributed by atoms with Crippen LogP contribution in [0, 0.1) is 6.92 Å². The number of methoxy groups -OCH3 is 2. The number of pyridine rings is 1. The van der Waals surface area contributed by atoms with Gasteiger partial charge in [0.25, 0.3) is 11.6 Å². The minimum Gasteiger partial charge on any atom is -0.493 e. The Hall–Kier alpha value is -3.09. The SMILES string of the molecule is COc1ccc(CCNC(=O)c2c3c(nc4onc(C)c24)CCC3)cc1OC. The van der Waals surface area contributed by atoms with Crippen LogP contribution in [0.25, 0.3) is 11.1 Å². The minimum atomic E-state index is -0.0997. The fraction of sp³-hybridized carbons (Fsp3) is 0.381. The van der Waals surface area contributed by atoms with Gasteiger partial charge in [0.15, 0.2) is 11.5 Å². The van der Waals surface area contributed by atoms with Crippen molar-refractivity contribution in [3.8, 4) is 11.5 Å². The second-order valence-electron chi connectivity index (χ2n) is 6.91. The third-order valence-electron chi connectivity index (χ3n) is 5.20. The second kappa shape index (κ2) is 7.50. The van der Waals surface area contributed by atoms with Crippen molar-refractivity contribution in [2.24, 2.45) is 0 Å². The summed E-state index contributed by atoms with van der Waals surface area (Å²) in [7, 11) is 3.22. The molecule has 1 amide bonds. The van der Waals surface area contributed by atoms with E-state index in [-0.39, 0.29) is 5.91 Å². The Kier molecular flexibility index (Phi) is 4.90. The number of hydrogen-bond donors (Lipinski definition) is 1. The zero-order valence-electron chi connectivity index (χ0n) is 16.3. The summed E-state index contributed by atoms with van der Waals surface area (Å²) >= 11 is 0. The number of nitrogens with zero attached hydrogens (tertiary/aromatic N) is 2. The van der Waals surface area contributed by atoms with Crippen molar-refractivity contribution in [3.05, 3.63) is 46.3 Å². The van der Waals surface area contributed by atoms with Crippen LogP contribution >= 0.6 is 0 Å². The van der Waals surface area contributed by atoms with Crippen LogP contribution in [0.4, 0.5) is 0 Å². The standard InChI is InChI=1S/C21H23N3O4/c1-12-18-19(14-5-4-6-15(14)23-21(18)28-24-12)20(25)22-10-9-13-7-8-16(26-2)17(11-13)27-3/h7-8,11H,4-6,9-10H2,1-3H3,(H,22,25). The number of aryl methyl sites for hydroxylation is 2. The lowest BCUT2D eigenvalue weighted by atomic mass is 10.0. The van der Waals surface area contributed by atoms with Crippen molar-refractivity contribution in [1.29, 1.82) is 0 Å². The van der Waals surface area contributed by atoms with Gasteiger partial charge >= 0.3 is 0 Å². The maximum atomic E-state index is 13.0. The maximum Gasteiger partial charge on any atom is 0.259 e. The van der Waals surface area contributed by atoms with Gasteiger partial charge in [-0.3, -0.25) is 4.79 Å². The molecule has 7 nitrogen and oxygen atoms in total. The van der Waals surface area contributed by atoms with Crippen LogP contribution in [-0.4, -0.2) is 36.8 Å². The summed E-state index contributed by atoms with van der Waals surface area (Å²) < 4.78 is 15.9. The number of fused-ring (bicyclic) bond motifs is 2. The summed E-state index contributed by atoms with van der Waals surface area (Å²) in [4.78, 5) is 17.6. The van der Waals surface area contributed by atoms with Gasteiger partial charge in [0, 0.05) is 12.2 Å². The summed E-state index contributed by atoms with van der Waals surface area (Å²) in [6.07, 6.45) is 3.43. The largest absolute Gasteiger partial charge is 0.493 e. The number of nitrogens with one attached hydrogen (secondary N) is 1. The van der Waals surface area contributed by atoms with Gasteiger partial charge in [-0.25, -0.2) is 4.98 Å². The molecule has 2 heterocycles. The van der Waals surface area contributed by atoms with E-state index < -0.39 is 0 Å². The molecular formula is C21H23N3O4. The molecule has 1 aromatic carbocycles. The highest BCUT2D eigenvalue weighted by molar-refractivity contribution is 6.07. The van der Waals surface area contributed by atoms with Gasteiger partial charge in [-0.15, -0.1) is 0 Å². The molecular weight excluding hydrogens is 358 g/mol. The van der Waals surface area contributed by atoms with E-state index in [1.165, 1.54) is 0 Å². The number of ether oxygens (including phenoxy) is 2. The number of carbonyl (C=O) groups excluding carboxylic acids is 1. The van der Waals surface area contributed by atoms with Crippen molar-refractivity contribution in [1.82, 2.24) is 15.5 Å². The number of benzene rings is 1. The third-order valence-corrected chi connectivity index (χ3v) is 5.20. The van der Waals surface area contributed by atoms with Crippen molar-refractivity contribution in [2.45, 2.75) is 32.6 Å². The van der Waals surface area contributed by atoms with Crippen LogP contribution in [0.15, 0.2) is 22.7 Å². The minimum absolute atomic E-state index is 0.0997. The molecule has 0 spiro atoms. The van der Waals surface area contributed by atoms with E-state index in [1.807, 2.05) is 25.1 Å². The van der Waals surface area contributed by atoms with E-state index in [0.717, 1.165) is 41.5 Å². The average Bonchev–Trinajstić information content (AvgIpc) is 3.32. The number of carbonyl (C=O) groups is 1. The molecule has 0 unspecified atom stereocenters. The van der Waals surface area contributed by atoms with Crippen molar-refractivity contribution >= 4 is 17.0 Å². The fourth-order valence-electron chi connectivity index (χ4n) is 3.81. The normalized spacial score (nSPS) is 12.8. The lowest BCUT2D eigenvalue weighted by molar-refractivity contribution is 0.0954. The van der Waals surface area contributed by atoms with Crippen molar-refractivity contribution in [3.63, 3.8) is 0 Å². The monoisotopic (exact) mass is 381 g/mol. The summed E-state index contributed by atoms with van der Waals surface area (Å²) in [5, 5.41) is 7.77. The molecule has 146 valence electrons. The predicted octanol–water partition coefficient (Wildman–Crippen LogP) is 3.01. The number of rotatable bonds is 6. The zero-order valence-corrected chi connectivity index (χ0v) is 16.3.